The summed E-state index contributed by atoms with van der Waals surface area (Å²) in [7, 11) is 0. The minimum atomic E-state index is 0. The van der Waals surface area contributed by atoms with E-state index in [1.807, 2.05) is 17.0 Å². The number of ether oxygens (including phenoxy) is 1. The van der Waals surface area contributed by atoms with Gasteiger partial charge in [-0.2, -0.15) is 0 Å². The van der Waals surface area contributed by atoms with Crippen LogP contribution in [0.25, 0.3) is 0 Å². The van der Waals surface area contributed by atoms with Gasteiger partial charge in [0.2, 0.25) is 0 Å². The number of fused-ring (bicyclic) bond motifs is 1. The van der Waals surface area contributed by atoms with Gasteiger partial charge in [0, 0.05) is 44.3 Å². The Bertz CT molecular complexity index is 643. The number of nitrogens with two attached hydrogens (primary N) is 1. The number of rotatable bonds is 3. The van der Waals surface area contributed by atoms with E-state index in [1.165, 1.54) is 12.0 Å². The Kier molecular flexibility index (Phi) is 6.46. The van der Waals surface area contributed by atoms with Gasteiger partial charge >= 0.3 is 0 Å². The molecule has 2 heterocycles. The quantitative estimate of drug-likeness (QED) is 0.857. The molecule has 1 saturated carbocycles. The van der Waals surface area contributed by atoms with Gasteiger partial charge in [0.1, 0.15) is 0 Å². The normalized spacial score (nSPS) is 33.6. The molecular formula is C21H32ClN3O2. The molecule has 5 atom stereocenters. The number of halogens is 1. The lowest BCUT2D eigenvalue weighted by molar-refractivity contribution is -0.0704. The smallest absolute Gasteiger partial charge is 0.253 e. The number of hydrogen-bond donors (Lipinski definition) is 1. The van der Waals surface area contributed by atoms with E-state index in [2.05, 4.69) is 30.9 Å². The second-order valence-corrected chi connectivity index (χ2v) is 8.52. The third-order valence-electron chi connectivity index (χ3n) is 6.30. The number of morpholine rings is 1. The molecule has 0 bridgehead atoms. The fraction of sp³-hybridized carbons (Fsp3) is 0.667. The molecular weight excluding hydrogens is 362 g/mol. The molecule has 5 unspecified atom stereocenters. The lowest BCUT2D eigenvalue weighted by Gasteiger charge is -2.35. The average molecular weight is 394 g/mol. The highest BCUT2D eigenvalue weighted by Crippen LogP contribution is 2.37. The second kappa shape index (κ2) is 8.48. The largest absolute Gasteiger partial charge is 0.373 e. The molecule has 2 N–H and O–H groups in total. The van der Waals surface area contributed by atoms with Gasteiger partial charge < -0.3 is 15.4 Å². The summed E-state index contributed by atoms with van der Waals surface area (Å²) >= 11 is 0. The predicted molar refractivity (Wildman–Crippen MR) is 109 cm³/mol. The molecule has 1 amide bonds. The molecule has 5 nitrogen and oxygen atoms in total. The van der Waals surface area contributed by atoms with Gasteiger partial charge in [-0.3, -0.25) is 9.69 Å². The minimum absolute atomic E-state index is 0. The SMILES string of the molecule is CC1CN(Cc2ccc(C(=O)N3CC4CCC(N)C4C3)cc2)CC(C)O1.Cl. The first-order valence-corrected chi connectivity index (χ1v) is 10.0. The van der Waals surface area contributed by atoms with Gasteiger partial charge in [-0.1, -0.05) is 12.1 Å². The number of benzene rings is 1. The van der Waals surface area contributed by atoms with Gasteiger partial charge in [-0.25, -0.2) is 0 Å². The third-order valence-corrected chi connectivity index (χ3v) is 6.30. The zero-order valence-electron chi connectivity index (χ0n) is 16.3. The molecule has 1 aromatic rings. The van der Waals surface area contributed by atoms with Crippen molar-refractivity contribution in [1.29, 1.82) is 0 Å². The Balaban J connectivity index is 0.00000210. The summed E-state index contributed by atoms with van der Waals surface area (Å²) in [5, 5.41) is 0. The van der Waals surface area contributed by atoms with Gasteiger partial charge in [-0.05, 0) is 56.2 Å². The molecule has 0 aromatic heterocycles. The zero-order chi connectivity index (χ0) is 18.3. The lowest BCUT2D eigenvalue weighted by Crippen LogP contribution is -2.44. The Labute approximate surface area is 168 Å². The molecule has 27 heavy (non-hydrogen) atoms. The summed E-state index contributed by atoms with van der Waals surface area (Å²) in [5.74, 6) is 1.27. The first-order chi connectivity index (χ1) is 12.5. The van der Waals surface area contributed by atoms with Crippen LogP contribution in [0.4, 0.5) is 0 Å². The van der Waals surface area contributed by atoms with Crippen LogP contribution >= 0.6 is 12.4 Å². The monoisotopic (exact) mass is 393 g/mol. The van der Waals surface area contributed by atoms with Crippen LogP contribution in [0, 0.1) is 11.8 Å². The van der Waals surface area contributed by atoms with E-state index in [4.69, 9.17) is 10.5 Å². The molecule has 2 saturated heterocycles. The molecule has 1 aliphatic carbocycles. The molecule has 2 aliphatic heterocycles. The van der Waals surface area contributed by atoms with Gasteiger partial charge in [0.05, 0.1) is 12.2 Å². The van der Waals surface area contributed by atoms with Gasteiger partial charge in [-0.15, -0.1) is 12.4 Å². The van der Waals surface area contributed by atoms with E-state index < -0.39 is 0 Å². The highest BCUT2D eigenvalue weighted by atomic mass is 35.5. The molecule has 0 spiro atoms. The van der Waals surface area contributed by atoms with E-state index in [1.54, 1.807) is 0 Å². The lowest BCUT2D eigenvalue weighted by atomic mass is 9.98. The van der Waals surface area contributed by atoms with Crippen molar-refractivity contribution in [2.75, 3.05) is 26.2 Å². The van der Waals surface area contributed by atoms with Crippen LogP contribution < -0.4 is 5.73 Å². The summed E-state index contributed by atoms with van der Waals surface area (Å²) in [4.78, 5) is 17.3. The molecule has 6 heteroatoms. The van der Waals surface area contributed by atoms with Crippen molar-refractivity contribution in [3.05, 3.63) is 35.4 Å². The van der Waals surface area contributed by atoms with E-state index >= 15 is 0 Å². The Morgan fingerprint density at radius 2 is 1.74 bits per heavy atom. The number of likely N-dealkylation sites (tertiary alicyclic amines) is 1. The topological polar surface area (TPSA) is 58.8 Å². The van der Waals surface area contributed by atoms with Crippen LogP contribution in [0.1, 0.15) is 42.6 Å². The predicted octanol–water partition coefficient (Wildman–Crippen LogP) is 2.53. The maximum atomic E-state index is 12.8. The highest BCUT2D eigenvalue weighted by molar-refractivity contribution is 5.94. The summed E-state index contributed by atoms with van der Waals surface area (Å²) in [6, 6.07) is 8.44. The summed E-state index contributed by atoms with van der Waals surface area (Å²) in [6.07, 6.45) is 2.84. The fourth-order valence-corrected chi connectivity index (χ4v) is 5.08. The zero-order valence-corrected chi connectivity index (χ0v) is 17.2. The standard InChI is InChI=1S/C21H31N3O2.ClH/c1-14-9-23(10-15(2)26-14)11-16-3-5-17(6-4-16)21(25)24-12-18-7-8-20(22)19(18)13-24;/h3-6,14-15,18-20H,7-13,22H2,1-2H3;1H. The fourth-order valence-electron chi connectivity index (χ4n) is 5.08. The van der Waals surface area contributed by atoms with E-state index in [9.17, 15) is 4.79 Å². The Morgan fingerprint density at radius 3 is 2.37 bits per heavy atom. The summed E-state index contributed by atoms with van der Waals surface area (Å²) < 4.78 is 5.80. The summed E-state index contributed by atoms with van der Waals surface area (Å²) in [6.45, 7) is 8.79. The van der Waals surface area contributed by atoms with Crippen LogP contribution in [0.2, 0.25) is 0 Å². The number of carbonyl (C=O) groups is 1. The van der Waals surface area contributed by atoms with Crippen molar-refractivity contribution in [3.8, 4) is 0 Å². The van der Waals surface area contributed by atoms with E-state index in [0.717, 1.165) is 44.7 Å². The first kappa shape index (κ1) is 20.6. The second-order valence-electron chi connectivity index (χ2n) is 8.52. The van der Waals surface area contributed by atoms with Crippen LogP contribution in [0.15, 0.2) is 24.3 Å². The molecule has 4 rings (SSSR count). The molecule has 0 radical (unpaired) electrons. The summed E-state index contributed by atoms with van der Waals surface area (Å²) in [5.41, 5.74) is 8.25. The van der Waals surface area contributed by atoms with Crippen LogP contribution in [-0.4, -0.2) is 60.1 Å². The Morgan fingerprint density at radius 1 is 1.07 bits per heavy atom. The van der Waals surface area contributed by atoms with Crippen LogP contribution in [0.5, 0.6) is 0 Å². The van der Waals surface area contributed by atoms with Crippen molar-refractivity contribution in [3.63, 3.8) is 0 Å². The van der Waals surface area contributed by atoms with Gasteiger partial charge in [0.15, 0.2) is 0 Å². The Hall–Kier alpha value is -1.14. The third kappa shape index (κ3) is 4.48. The van der Waals surface area contributed by atoms with E-state index in [-0.39, 0.29) is 36.6 Å². The van der Waals surface area contributed by atoms with Crippen LogP contribution in [0.3, 0.4) is 0 Å². The maximum absolute atomic E-state index is 12.8. The van der Waals surface area contributed by atoms with Crippen molar-refractivity contribution >= 4 is 18.3 Å². The highest BCUT2D eigenvalue weighted by Gasteiger charge is 2.42. The minimum Gasteiger partial charge on any atom is -0.373 e. The maximum Gasteiger partial charge on any atom is 0.253 e. The van der Waals surface area contributed by atoms with Crippen molar-refractivity contribution < 1.29 is 9.53 Å². The number of nitrogens with zero attached hydrogens (tertiary/aromatic N) is 2. The molecule has 150 valence electrons. The molecule has 3 fully saturated rings. The van der Waals surface area contributed by atoms with Crippen molar-refractivity contribution in [2.45, 2.75) is 51.5 Å². The van der Waals surface area contributed by atoms with Crippen LogP contribution in [-0.2, 0) is 11.3 Å². The average Bonchev–Trinajstić information content (AvgIpc) is 3.16. The number of hydrogen-bond acceptors (Lipinski definition) is 4. The molecule has 1 aromatic carbocycles. The first-order valence-electron chi connectivity index (χ1n) is 10.0. The van der Waals surface area contributed by atoms with E-state index in [0.29, 0.717) is 11.8 Å². The van der Waals surface area contributed by atoms with Gasteiger partial charge in [0.25, 0.3) is 5.91 Å². The number of amides is 1. The van der Waals surface area contributed by atoms with Crippen molar-refractivity contribution in [2.24, 2.45) is 17.6 Å². The number of carbonyl (C=O) groups excluding carboxylic acids is 1. The molecule has 3 aliphatic rings. The van der Waals surface area contributed by atoms with Crippen molar-refractivity contribution in [1.82, 2.24) is 9.80 Å².